The van der Waals surface area contributed by atoms with Gasteiger partial charge in [0.2, 0.25) is 5.88 Å². The first-order valence-corrected chi connectivity index (χ1v) is 9.33. The summed E-state index contributed by atoms with van der Waals surface area (Å²) < 4.78 is 20.1. The topological polar surface area (TPSA) is 80.5 Å². The molecule has 0 unspecified atom stereocenters. The van der Waals surface area contributed by atoms with Gasteiger partial charge < -0.3 is 15.4 Å². The Kier molecular flexibility index (Phi) is 5.21. The summed E-state index contributed by atoms with van der Waals surface area (Å²) in [7, 11) is 1.53. The molecular formula is C20H22FN5O2. The third kappa shape index (κ3) is 3.68. The summed E-state index contributed by atoms with van der Waals surface area (Å²) in [5, 5.41) is 10.6. The SMILES string of the molecule is COc1cc(-c2ccc(F)cc2)nc2c(C(=O)NCC3CCNCC3)cnn12. The maximum absolute atomic E-state index is 13.2. The van der Waals surface area contributed by atoms with E-state index in [0.29, 0.717) is 35.2 Å². The molecule has 146 valence electrons. The molecule has 1 aliphatic heterocycles. The van der Waals surface area contributed by atoms with E-state index in [9.17, 15) is 9.18 Å². The number of amides is 1. The average molecular weight is 383 g/mol. The largest absolute Gasteiger partial charge is 0.481 e. The summed E-state index contributed by atoms with van der Waals surface area (Å²) in [6, 6.07) is 7.74. The molecule has 1 aliphatic rings. The maximum atomic E-state index is 13.2. The Bertz CT molecular complexity index is 980. The van der Waals surface area contributed by atoms with Crippen LogP contribution in [0.5, 0.6) is 5.88 Å². The Morgan fingerprint density at radius 1 is 1.32 bits per heavy atom. The number of carbonyl (C=O) groups is 1. The summed E-state index contributed by atoms with van der Waals surface area (Å²) in [5.74, 6) is 0.393. The molecule has 8 heteroatoms. The number of benzene rings is 1. The van der Waals surface area contributed by atoms with Gasteiger partial charge in [-0.1, -0.05) is 0 Å². The molecule has 0 atom stereocenters. The van der Waals surface area contributed by atoms with Gasteiger partial charge in [-0.15, -0.1) is 0 Å². The van der Waals surface area contributed by atoms with Crippen molar-refractivity contribution in [2.75, 3.05) is 26.7 Å². The van der Waals surface area contributed by atoms with Gasteiger partial charge in [0.25, 0.3) is 5.91 Å². The zero-order valence-electron chi connectivity index (χ0n) is 15.6. The fourth-order valence-corrected chi connectivity index (χ4v) is 3.43. The smallest absolute Gasteiger partial charge is 0.256 e. The number of fused-ring (bicyclic) bond motifs is 1. The summed E-state index contributed by atoms with van der Waals surface area (Å²) in [6.45, 7) is 2.60. The minimum Gasteiger partial charge on any atom is -0.481 e. The molecule has 1 saturated heterocycles. The van der Waals surface area contributed by atoms with E-state index in [2.05, 4.69) is 20.7 Å². The number of carbonyl (C=O) groups excluding carboxylic acids is 1. The third-order valence-corrected chi connectivity index (χ3v) is 5.04. The normalized spacial score (nSPS) is 14.9. The fraction of sp³-hybridized carbons (Fsp3) is 0.350. The van der Waals surface area contributed by atoms with Crippen molar-refractivity contribution in [2.45, 2.75) is 12.8 Å². The van der Waals surface area contributed by atoms with E-state index in [1.54, 1.807) is 18.2 Å². The molecule has 0 aliphatic carbocycles. The zero-order valence-corrected chi connectivity index (χ0v) is 15.6. The van der Waals surface area contributed by atoms with Gasteiger partial charge in [-0.05, 0) is 56.1 Å². The first-order valence-electron chi connectivity index (χ1n) is 9.33. The molecule has 28 heavy (non-hydrogen) atoms. The quantitative estimate of drug-likeness (QED) is 0.707. The molecule has 2 aromatic heterocycles. The van der Waals surface area contributed by atoms with Gasteiger partial charge in [0.05, 0.1) is 19.0 Å². The monoisotopic (exact) mass is 383 g/mol. The van der Waals surface area contributed by atoms with Crippen LogP contribution in [0.3, 0.4) is 0 Å². The summed E-state index contributed by atoms with van der Waals surface area (Å²) in [5.41, 5.74) is 2.10. The van der Waals surface area contributed by atoms with Crippen molar-refractivity contribution in [3.05, 3.63) is 47.9 Å². The second-order valence-corrected chi connectivity index (χ2v) is 6.89. The summed E-state index contributed by atoms with van der Waals surface area (Å²) >= 11 is 0. The standard InChI is InChI=1S/C20H22FN5O2/c1-28-18-10-17(14-2-4-15(21)5-3-14)25-19-16(12-24-26(18)19)20(27)23-11-13-6-8-22-9-7-13/h2-5,10,12-13,22H,6-9,11H2,1H3,(H,23,27). The number of hydrogen-bond donors (Lipinski definition) is 2. The number of nitrogens with one attached hydrogen (secondary N) is 2. The van der Waals surface area contributed by atoms with Crippen molar-refractivity contribution >= 4 is 11.6 Å². The number of methoxy groups -OCH3 is 1. The molecule has 1 fully saturated rings. The molecule has 1 aromatic carbocycles. The average Bonchev–Trinajstić information content (AvgIpc) is 3.17. The van der Waals surface area contributed by atoms with Crippen LogP contribution in [0.15, 0.2) is 36.5 Å². The van der Waals surface area contributed by atoms with Crippen molar-refractivity contribution in [3.8, 4) is 17.1 Å². The molecule has 4 rings (SSSR count). The molecule has 3 heterocycles. The van der Waals surface area contributed by atoms with Crippen LogP contribution in [0, 0.1) is 11.7 Å². The number of halogens is 1. The number of nitrogens with zero attached hydrogens (tertiary/aromatic N) is 3. The molecule has 1 amide bonds. The molecule has 0 spiro atoms. The van der Waals surface area contributed by atoms with Crippen molar-refractivity contribution in [1.82, 2.24) is 25.2 Å². The van der Waals surface area contributed by atoms with Crippen LogP contribution in [0.25, 0.3) is 16.9 Å². The number of aromatic nitrogens is 3. The maximum Gasteiger partial charge on any atom is 0.256 e. The van der Waals surface area contributed by atoms with Gasteiger partial charge in [-0.2, -0.15) is 9.61 Å². The number of ether oxygens (including phenoxy) is 1. The molecular weight excluding hydrogens is 361 g/mol. The lowest BCUT2D eigenvalue weighted by Gasteiger charge is -2.22. The van der Waals surface area contributed by atoms with E-state index >= 15 is 0 Å². The van der Waals surface area contributed by atoms with E-state index in [0.717, 1.165) is 31.5 Å². The van der Waals surface area contributed by atoms with E-state index in [4.69, 9.17) is 4.74 Å². The van der Waals surface area contributed by atoms with Crippen LogP contribution in [-0.4, -0.2) is 47.2 Å². The predicted octanol–water partition coefficient (Wildman–Crippen LogP) is 2.27. The van der Waals surface area contributed by atoms with Gasteiger partial charge >= 0.3 is 0 Å². The zero-order chi connectivity index (χ0) is 19.5. The van der Waals surface area contributed by atoms with E-state index in [1.807, 2.05) is 0 Å². The molecule has 3 aromatic rings. The highest BCUT2D eigenvalue weighted by molar-refractivity contribution is 6.00. The summed E-state index contributed by atoms with van der Waals surface area (Å²) in [6.07, 6.45) is 3.60. The molecule has 2 N–H and O–H groups in total. The first-order chi connectivity index (χ1) is 13.7. The van der Waals surface area contributed by atoms with Crippen molar-refractivity contribution < 1.29 is 13.9 Å². The Hall–Kier alpha value is -3.00. The lowest BCUT2D eigenvalue weighted by Crippen LogP contribution is -2.36. The third-order valence-electron chi connectivity index (χ3n) is 5.04. The highest BCUT2D eigenvalue weighted by atomic mass is 19.1. The van der Waals surface area contributed by atoms with Crippen LogP contribution in [-0.2, 0) is 0 Å². The first kappa shape index (κ1) is 18.4. The molecule has 7 nitrogen and oxygen atoms in total. The Morgan fingerprint density at radius 2 is 2.07 bits per heavy atom. The Morgan fingerprint density at radius 3 is 2.79 bits per heavy atom. The Balaban J connectivity index is 1.64. The van der Waals surface area contributed by atoms with Gasteiger partial charge in [0.15, 0.2) is 5.65 Å². The van der Waals surface area contributed by atoms with Crippen molar-refractivity contribution in [2.24, 2.45) is 5.92 Å². The van der Waals surface area contributed by atoms with E-state index in [1.165, 1.54) is 30.0 Å². The second-order valence-electron chi connectivity index (χ2n) is 6.89. The van der Waals surface area contributed by atoms with Crippen LogP contribution < -0.4 is 15.4 Å². The van der Waals surface area contributed by atoms with Gasteiger partial charge in [0.1, 0.15) is 11.4 Å². The predicted molar refractivity (Wildman–Crippen MR) is 103 cm³/mol. The molecule has 0 bridgehead atoms. The van der Waals surface area contributed by atoms with Crippen LogP contribution in [0.2, 0.25) is 0 Å². The van der Waals surface area contributed by atoms with Crippen molar-refractivity contribution in [1.29, 1.82) is 0 Å². The minimum atomic E-state index is -0.320. The van der Waals surface area contributed by atoms with E-state index < -0.39 is 0 Å². The Labute approximate surface area is 161 Å². The number of rotatable bonds is 5. The number of piperidine rings is 1. The summed E-state index contributed by atoms with van der Waals surface area (Å²) in [4.78, 5) is 17.3. The van der Waals surface area contributed by atoms with Crippen LogP contribution in [0.1, 0.15) is 23.2 Å². The molecule has 0 saturated carbocycles. The van der Waals surface area contributed by atoms with Gasteiger partial charge in [0, 0.05) is 18.2 Å². The molecule has 0 radical (unpaired) electrons. The lowest BCUT2D eigenvalue weighted by molar-refractivity contribution is 0.0945. The highest BCUT2D eigenvalue weighted by Gasteiger charge is 2.20. The second kappa shape index (κ2) is 7.93. The minimum absolute atomic E-state index is 0.209. The highest BCUT2D eigenvalue weighted by Crippen LogP contribution is 2.25. The fourth-order valence-electron chi connectivity index (χ4n) is 3.43. The van der Waals surface area contributed by atoms with Crippen molar-refractivity contribution in [3.63, 3.8) is 0 Å². The number of hydrogen-bond acceptors (Lipinski definition) is 5. The van der Waals surface area contributed by atoms with Gasteiger partial charge in [-0.3, -0.25) is 4.79 Å². The van der Waals surface area contributed by atoms with Crippen LogP contribution >= 0.6 is 0 Å². The van der Waals surface area contributed by atoms with E-state index in [-0.39, 0.29) is 11.7 Å². The van der Waals surface area contributed by atoms with Crippen LogP contribution in [0.4, 0.5) is 4.39 Å². The van der Waals surface area contributed by atoms with Gasteiger partial charge in [-0.25, -0.2) is 9.37 Å². The lowest BCUT2D eigenvalue weighted by atomic mass is 9.98.